The topological polar surface area (TPSA) is 75.7 Å². The Kier molecular flexibility index (Phi) is 5.73. The molecule has 30 heavy (non-hydrogen) atoms. The fourth-order valence-electron chi connectivity index (χ4n) is 4.82. The summed E-state index contributed by atoms with van der Waals surface area (Å²) in [7, 11) is -2.45. The zero-order valence-corrected chi connectivity index (χ0v) is 18.2. The summed E-state index contributed by atoms with van der Waals surface area (Å²) in [5.41, 5.74) is 1.25. The van der Waals surface area contributed by atoms with Crippen molar-refractivity contribution in [3.8, 4) is 5.75 Å². The SMILES string of the molecule is COc1ccc(C)cc1N(CC(=O)N[C@@H]1C[C@@H]2CC[C@@H]1C2)S(=O)(=O)c1ccccc1. The zero-order chi connectivity index (χ0) is 21.3. The summed E-state index contributed by atoms with van der Waals surface area (Å²) >= 11 is 0. The summed E-state index contributed by atoms with van der Waals surface area (Å²) in [4.78, 5) is 13.1. The summed E-state index contributed by atoms with van der Waals surface area (Å²) in [5.74, 6) is 1.34. The normalized spacial score (nSPS) is 22.7. The first-order chi connectivity index (χ1) is 14.4. The van der Waals surface area contributed by atoms with Crippen LogP contribution in [0.15, 0.2) is 53.4 Å². The van der Waals surface area contributed by atoms with Crippen LogP contribution in [-0.4, -0.2) is 34.0 Å². The van der Waals surface area contributed by atoms with Crippen molar-refractivity contribution in [2.24, 2.45) is 11.8 Å². The standard InChI is InChI=1S/C23H28N2O4S/c1-16-8-11-22(29-2)21(12-16)25(30(27,28)19-6-4-3-5-7-19)15-23(26)24-20-14-17-9-10-18(20)13-17/h3-8,11-12,17-18,20H,9-10,13-15H2,1-2H3,(H,24,26)/t17-,18-,20-/m1/s1. The van der Waals surface area contributed by atoms with Crippen molar-refractivity contribution in [2.45, 2.75) is 43.5 Å². The number of hydrogen-bond donors (Lipinski definition) is 1. The fourth-order valence-corrected chi connectivity index (χ4v) is 6.26. The first kappa shape index (κ1) is 20.7. The molecule has 6 nitrogen and oxygen atoms in total. The molecule has 1 amide bonds. The minimum absolute atomic E-state index is 0.140. The Balaban J connectivity index is 1.65. The molecule has 2 aliphatic carbocycles. The predicted molar refractivity (Wildman–Crippen MR) is 116 cm³/mol. The van der Waals surface area contributed by atoms with E-state index in [-0.39, 0.29) is 23.4 Å². The summed E-state index contributed by atoms with van der Waals surface area (Å²) in [6.45, 7) is 1.59. The van der Waals surface area contributed by atoms with E-state index in [1.54, 1.807) is 42.5 Å². The van der Waals surface area contributed by atoms with Gasteiger partial charge in [-0.2, -0.15) is 0 Å². The number of methoxy groups -OCH3 is 1. The number of sulfonamides is 1. The van der Waals surface area contributed by atoms with Gasteiger partial charge in [-0.1, -0.05) is 30.7 Å². The molecule has 0 spiro atoms. The molecule has 0 unspecified atom stereocenters. The maximum atomic E-state index is 13.5. The van der Waals surface area contributed by atoms with Crippen molar-refractivity contribution in [3.05, 3.63) is 54.1 Å². The van der Waals surface area contributed by atoms with Gasteiger partial charge in [0.25, 0.3) is 10.0 Å². The van der Waals surface area contributed by atoms with Crippen LogP contribution in [0.3, 0.4) is 0 Å². The van der Waals surface area contributed by atoms with E-state index in [4.69, 9.17) is 4.74 Å². The highest BCUT2D eigenvalue weighted by molar-refractivity contribution is 7.92. The monoisotopic (exact) mass is 428 g/mol. The Morgan fingerprint density at radius 1 is 1.13 bits per heavy atom. The maximum absolute atomic E-state index is 13.5. The summed E-state index contributed by atoms with van der Waals surface area (Å²) in [5, 5.41) is 3.10. The number of nitrogens with zero attached hydrogens (tertiary/aromatic N) is 1. The van der Waals surface area contributed by atoms with E-state index in [0.717, 1.165) is 22.7 Å². The molecule has 0 heterocycles. The van der Waals surface area contributed by atoms with Gasteiger partial charge < -0.3 is 10.1 Å². The van der Waals surface area contributed by atoms with Crippen molar-refractivity contribution >= 4 is 21.6 Å². The van der Waals surface area contributed by atoms with Gasteiger partial charge in [-0.15, -0.1) is 0 Å². The average molecular weight is 429 g/mol. The van der Waals surface area contributed by atoms with E-state index in [2.05, 4.69) is 5.32 Å². The Bertz CT molecular complexity index is 1020. The van der Waals surface area contributed by atoms with Gasteiger partial charge in [0, 0.05) is 6.04 Å². The lowest BCUT2D eigenvalue weighted by molar-refractivity contribution is -0.120. The van der Waals surface area contributed by atoms with Gasteiger partial charge in [-0.3, -0.25) is 9.10 Å². The second-order valence-electron chi connectivity index (χ2n) is 8.35. The van der Waals surface area contributed by atoms with E-state index >= 15 is 0 Å². The first-order valence-corrected chi connectivity index (χ1v) is 11.8. The number of aryl methyl sites for hydroxylation is 1. The lowest BCUT2D eigenvalue weighted by Gasteiger charge is -2.28. The van der Waals surface area contributed by atoms with Gasteiger partial charge in [-0.05, 0) is 67.9 Å². The van der Waals surface area contributed by atoms with E-state index < -0.39 is 10.0 Å². The molecule has 0 radical (unpaired) electrons. The third-order valence-corrected chi connectivity index (χ3v) is 8.08. The molecule has 2 aliphatic rings. The maximum Gasteiger partial charge on any atom is 0.264 e. The van der Waals surface area contributed by atoms with Crippen LogP contribution in [0.1, 0.15) is 31.2 Å². The van der Waals surface area contributed by atoms with Crippen LogP contribution >= 0.6 is 0 Å². The molecular weight excluding hydrogens is 400 g/mol. The number of ether oxygens (including phenoxy) is 1. The molecule has 0 saturated heterocycles. The van der Waals surface area contributed by atoms with Crippen LogP contribution in [0.25, 0.3) is 0 Å². The molecule has 0 aliphatic heterocycles. The molecule has 160 valence electrons. The minimum atomic E-state index is -3.95. The van der Waals surface area contributed by atoms with Crippen LogP contribution in [0.2, 0.25) is 0 Å². The number of amides is 1. The van der Waals surface area contributed by atoms with Crippen LogP contribution in [0, 0.1) is 18.8 Å². The quantitative estimate of drug-likeness (QED) is 0.732. The van der Waals surface area contributed by atoms with E-state index in [1.165, 1.54) is 20.0 Å². The van der Waals surface area contributed by atoms with E-state index in [0.29, 0.717) is 23.3 Å². The van der Waals surface area contributed by atoms with Gasteiger partial charge in [0.15, 0.2) is 0 Å². The van der Waals surface area contributed by atoms with Crippen molar-refractivity contribution < 1.29 is 17.9 Å². The number of carbonyl (C=O) groups is 1. The number of benzene rings is 2. The lowest BCUT2D eigenvalue weighted by atomic mass is 9.95. The summed E-state index contributed by atoms with van der Waals surface area (Å²) in [6.07, 6.45) is 4.55. The molecule has 7 heteroatoms. The molecule has 2 aromatic carbocycles. The van der Waals surface area contributed by atoms with Crippen LogP contribution < -0.4 is 14.4 Å². The summed E-state index contributed by atoms with van der Waals surface area (Å²) < 4.78 is 33.6. The Morgan fingerprint density at radius 2 is 1.90 bits per heavy atom. The number of rotatable bonds is 7. The van der Waals surface area contributed by atoms with Gasteiger partial charge in [-0.25, -0.2) is 8.42 Å². The number of fused-ring (bicyclic) bond motifs is 2. The Labute approximate surface area is 178 Å². The molecular formula is C23H28N2O4S. The van der Waals surface area contributed by atoms with Crippen LogP contribution in [0.5, 0.6) is 5.75 Å². The largest absolute Gasteiger partial charge is 0.495 e. The van der Waals surface area contributed by atoms with Crippen molar-refractivity contribution in [1.82, 2.24) is 5.32 Å². The van der Waals surface area contributed by atoms with Crippen LogP contribution in [0.4, 0.5) is 5.69 Å². The molecule has 4 rings (SSSR count). The summed E-state index contributed by atoms with van der Waals surface area (Å²) in [6, 6.07) is 13.7. The lowest BCUT2D eigenvalue weighted by Crippen LogP contribution is -2.46. The van der Waals surface area contributed by atoms with Crippen molar-refractivity contribution in [1.29, 1.82) is 0 Å². The molecule has 0 aromatic heterocycles. The third-order valence-electron chi connectivity index (χ3n) is 6.31. The molecule has 2 fully saturated rings. The van der Waals surface area contributed by atoms with Gasteiger partial charge >= 0.3 is 0 Å². The first-order valence-electron chi connectivity index (χ1n) is 10.4. The molecule has 3 atom stereocenters. The van der Waals surface area contributed by atoms with E-state index in [9.17, 15) is 13.2 Å². The highest BCUT2D eigenvalue weighted by atomic mass is 32.2. The second-order valence-corrected chi connectivity index (χ2v) is 10.2. The van der Waals surface area contributed by atoms with Gasteiger partial charge in [0.2, 0.25) is 5.91 Å². The third kappa shape index (κ3) is 4.03. The molecule has 1 N–H and O–H groups in total. The smallest absolute Gasteiger partial charge is 0.264 e. The zero-order valence-electron chi connectivity index (χ0n) is 17.4. The molecule has 2 saturated carbocycles. The Morgan fingerprint density at radius 3 is 2.53 bits per heavy atom. The number of nitrogens with one attached hydrogen (secondary N) is 1. The molecule has 2 bridgehead atoms. The second kappa shape index (κ2) is 8.30. The van der Waals surface area contributed by atoms with Gasteiger partial charge in [0.05, 0.1) is 17.7 Å². The van der Waals surface area contributed by atoms with Gasteiger partial charge in [0.1, 0.15) is 12.3 Å². The Hall–Kier alpha value is -2.54. The van der Waals surface area contributed by atoms with Crippen molar-refractivity contribution in [2.75, 3.05) is 18.0 Å². The fraction of sp³-hybridized carbons (Fsp3) is 0.435. The molecule has 2 aromatic rings. The van der Waals surface area contributed by atoms with Crippen LogP contribution in [-0.2, 0) is 14.8 Å². The number of anilines is 1. The minimum Gasteiger partial charge on any atom is -0.495 e. The van der Waals surface area contributed by atoms with E-state index in [1.807, 2.05) is 13.0 Å². The highest BCUT2D eigenvalue weighted by Crippen LogP contribution is 2.44. The average Bonchev–Trinajstić information content (AvgIpc) is 3.36. The number of carbonyl (C=O) groups excluding carboxylic acids is 1. The highest BCUT2D eigenvalue weighted by Gasteiger charge is 2.40. The van der Waals surface area contributed by atoms with Crippen molar-refractivity contribution in [3.63, 3.8) is 0 Å². The number of hydrogen-bond acceptors (Lipinski definition) is 4. The predicted octanol–water partition coefficient (Wildman–Crippen LogP) is 3.50.